The molecule has 2 nitrogen and oxygen atoms in total. The maximum absolute atomic E-state index is 13.3. The van der Waals surface area contributed by atoms with Gasteiger partial charge in [0, 0.05) is 12.8 Å². The van der Waals surface area contributed by atoms with Crippen molar-refractivity contribution in [3.8, 4) is 0 Å². The summed E-state index contributed by atoms with van der Waals surface area (Å²) in [6.07, 6.45) is 2.51. The van der Waals surface area contributed by atoms with Crippen LogP contribution in [-0.2, 0) is 11.2 Å². The van der Waals surface area contributed by atoms with Crippen molar-refractivity contribution in [3.05, 3.63) is 34.1 Å². The first-order chi connectivity index (χ1) is 8.85. The van der Waals surface area contributed by atoms with Gasteiger partial charge in [-0.1, -0.05) is 26.0 Å². The monoisotopic (exact) mass is 329 g/mol. The summed E-state index contributed by atoms with van der Waals surface area (Å²) < 4.78 is 13.7. The van der Waals surface area contributed by atoms with Crippen LogP contribution < -0.4 is 5.73 Å². The number of carbonyl (C=O) groups excluding carboxylic acids is 1. The molecule has 106 valence electrons. The van der Waals surface area contributed by atoms with Crippen LogP contribution in [0.15, 0.2) is 22.7 Å². The van der Waals surface area contributed by atoms with E-state index in [9.17, 15) is 9.18 Å². The van der Waals surface area contributed by atoms with Crippen molar-refractivity contribution in [1.82, 2.24) is 0 Å². The van der Waals surface area contributed by atoms with E-state index in [-0.39, 0.29) is 23.4 Å². The molecule has 1 rings (SSSR count). The van der Waals surface area contributed by atoms with Gasteiger partial charge in [-0.25, -0.2) is 4.39 Å². The van der Waals surface area contributed by atoms with Crippen LogP contribution in [0.4, 0.5) is 4.39 Å². The van der Waals surface area contributed by atoms with E-state index in [1.807, 2.05) is 0 Å². The Balaban J connectivity index is 2.54. The Morgan fingerprint density at radius 1 is 1.37 bits per heavy atom. The molecule has 0 aliphatic carbocycles. The molecule has 0 atom stereocenters. The zero-order valence-corrected chi connectivity index (χ0v) is 13.1. The van der Waals surface area contributed by atoms with Gasteiger partial charge in [0.15, 0.2) is 0 Å². The molecular formula is C15H21BrFNO. The number of halogens is 2. The Kier molecular flexibility index (Phi) is 6.14. The first-order valence-corrected chi connectivity index (χ1v) is 7.30. The van der Waals surface area contributed by atoms with Gasteiger partial charge >= 0.3 is 0 Å². The average molecular weight is 330 g/mol. The molecule has 2 N–H and O–H groups in total. The molecule has 1 aromatic rings. The lowest BCUT2D eigenvalue weighted by Crippen LogP contribution is -2.19. The van der Waals surface area contributed by atoms with Gasteiger partial charge < -0.3 is 5.73 Å². The molecule has 19 heavy (non-hydrogen) atoms. The molecule has 0 aromatic heterocycles. The minimum Gasteiger partial charge on any atom is -0.330 e. The Bertz CT molecular complexity index is 446. The number of ketones is 1. The second-order valence-electron chi connectivity index (χ2n) is 5.63. The van der Waals surface area contributed by atoms with E-state index in [0.29, 0.717) is 23.0 Å². The smallest absolute Gasteiger partial charge is 0.137 e. The molecular weight excluding hydrogens is 309 g/mol. The first kappa shape index (κ1) is 16.3. The molecule has 0 unspecified atom stereocenters. The predicted octanol–water partition coefficient (Wildman–Crippen LogP) is 3.86. The van der Waals surface area contributed by atoms with Gasteiger partial charge in [-0.15, -0.1) is 0 Å². The summed E-state index contributed by atoms with van der Waals surface area (Å²) in [6.45, 7) is 4.87. The van der Waals surface area contributed by atoms with E-state index in [1.165, 1.54) is 6.07 Å². The van der Waals surface area contributed by atoms with E-state index >= 15 is 0 Å². The zero-order chi connectivity index (χ0) is 14.5. The second kappa shape index (κ2) is 7.15. The summed E-state index contributed by atoms with van der Waals surface area (Å²) in [4.78, 5) is 12.0. The van der Waals surface area contributed by atoms with Crippen LogP contribution in [0.5, 0.6) is 0 Å². The highest BCUT2D eigenvalue weighted by molar-refractivity contribution is 9.10. The van der Waals surface area contributed by atoms with Crippen molar-refractivity contribution in [3.63, 3.8) is 0 Å². The first-order valence-electron chi connectivity index (χ1n) is 6.50. The summed E-state index contributed by atoms with van der Waals surface area (Å²) in [6, 6.07) is 4.78. The average Bonchev–Trinajstić information content (AvgIpc) is 2.33. The molecule has 1 aromatic carbocycles. The van der Waals surface area contributed by atoms with Crippen LogP contribution in [0.1, 0.15) is 38.7 Å². The van der Waals surface area contributed by atoms with Gasteiger partial charge in [0.2, 0.25) is 0 Å². The minimum absolute atomic E-state index is 0.0869. The van der Waals surface area contributed by atoms with Crippen LogP contribution in [-0.4, -0.2) is 12.3 Å². The number of hydrogen-bond acceptors (Lipinski definition) is 2. The van der Waals surface area contributed by atoms with Gasteiger partial charge in [0.25, 0.3) is 0 Å². The highest BCUT2D eigenvalue weighted by Gasteiger charge is 2.19. The molecule has 0 heterocycles. The number of carbonyl (C=O) groups is 1. The van der Waals surface area contributed by atoms with Gasteiger partial charge in [-0.05, 0) is 52.4 Å². The van der Waals surface area contributed by atoms with Crippen molar-refractivity contribution in [2.45, 2.75) is 39.5 Å². The number of hydrogen-bond donors (Lipinski definition) is 1. The molecule has 4 heteroatoms. The van der Waals surface area contributed by atoms with Gasteiger partial charge in [-0.3, -0.25) is 4.79 Å². The van der Waals surface area contributed by atoms with Crippen LogP contribution in [0.3, 0.4) is 0 Å². The van der Waals surface area contributed by atoms with Crippen molar-refractivity contribution in [1.29, 1.82) is 0 Å². The molecule has 0 aliphatic rings. The number of benzene rings is 1. The summed E-state index contributed by atoms with van der Waals surface area (Å²) in [5, 5.41) is 0. The molecule has 0 bridgehead atoms. The second-order valence-corrected chi connectivity index (χ2v) is 6.42. The maximum atomic E-state index is 13.3. The lowest BCUT2D eigenvalue weighted by Gasteiger charge is -2.23. The van der Waals surface area contributed by atoms with Crippen LogP contribution in [0.2, 0.25) is 0 Å². The summed E-state index contributed by atoms with van der Waals surface area (Å²) in [5.41, 5.74) is 6.35. The topological polar surface area (TPSA) is 43.1 Å². The Morgan fingerprint density at radius 3 is 2.68 bits per heavy atom. The fourth-order valence-electron chi connectivity index (χ4n) is 1.98. The molecule has 0 spiro atoms. The number of rotatable bonds is 7. The van der Waals surface area contributed by atoms with Crippen LogP contribution in [0.25, 0.3) is 0 Å². The predicted molar refractivity (Wildman–Crippen MR) is 79.5 cm³/mol. The normalized spacial score (nSPS) is 11.6. The van der Waals surface area contributed by atoms with Crippen molar-refractivity contribution < 1.29 is 9.18 Å². The van der Waals surface area contributed by atoms with E-state index < -0.39 is 0 Å². The van der Waals surface area contributed by atoms with Crippen LogP contribution >= 0.6 is 15.9 Å². The molecule has 0 radical (unpaired) electrons. The SMILES string of the molecule is CC(C)(CCN)CCC(=O)Cc1cccc(F)c1Br. The van der Waals surface area contributed by atoms with Gasteiger partial charge in [0.1, 0.15) is 11.6 Å². The fourth-order valence-corrected chi connectivity index (χ4v) is 2.38. The third kappa shape index (κ3) is 5.41. The lowest BCUT2D eigenvalue weighted by atomic mass is 9.83. The molecule has 0 aliphatic heterocycles. The standard InChI is InChI=1S/C15H21BrFNO/c1-15(2,8-9-18)7-6-12(19)10-11-4-3-5-13(17)14(11)16/h3-5H,6-10,18H2,1-2H3. The maximum Gasteiger partial charge on any atom is 0.137 e. The van der Waals surface area contributed by atoms with E-state index in [2.05, 4.69) is 29.8 Å². The van der Waals surface area contributed by atoms with E-state index in [0.717, 1.165) is 12.8 Å². The summed E-state index contributed by atoms with van der Waals surface area (Å²) in [5.74, 6) is -0.190. The number of nitrogens with two attached hydrogens (primary N) is 1. The summed E-state index contributed by atoms with van der Waals surface area (Å²) in [7, 11) is 0. The molecule has 0 saturated heterocycles. The zero-order valence-electron chi connectivity index (χ0n) is 11.5. The van der Waals surface area contributed by atoms with Crippen molar-refractivity contribution >= 4 is 21.7 Å². The third-order valence-electron chi connectivity index (χ3n) is 3.32. The highest BCUT2D eigenvalue weighted by atomic mass is 79.9. The molecule has 0 fully saturated rings. The Morgan fingerprint density at radius 2 is 2.05 bits per heavy atom. The Hall–Kier alpha value is -0.740. The summed E-state index contributed by atoms with van der Waals surface area (Å²) >= 11 is 3.18. The fraction of sp³-hybridized carbons (Fsp3) is 0.533. The number of Topliss-reactive ketones (excluding diaryl/α,β-unsaturated/α-hetero) is 1. The van der Waals surface area contributed by atoms with Gasteiger partial charge in [-0.2, -0.15) is 0 Å². The van der Waals surface area contributed by atoms with E-state index in [1.54, 1.807) is 12.1 Å². The molecule has 0 amide bonds. The highest BCUT2D eigenvalue weighted by Crippen LogP contribution is 2.27. The third-order valence-corrected chi connectivity index (χ3v) is 4.21. The Labute approximate surface area is 122 Å². The van der Waals surface area contributed by atoms with Gasteiger partial charge in [0.05, 0.1) is 4.47 Å². The minimum atomic E-state index is -0.325. The quantitative estimate of drug-likeness (QED) is 0.825. The lowest BCUT2D eigenvalue weighted by molar-refractivity contribution is -0.119. The molecule has 0 saturated carbocycles. The van der Waals surface area contributed by atoms with Crippen LogP contribution in [0, 0.1) is 11.2 Å². The van der Waals surface area contributed by atoms with Crippen molar-refractivity contribution in [2.75, 3.05) is 6.54 Å². The largest absolute Gasteiger partial charge is 0.330 e. The van der Waals surface area contributed by atoms with E-state index in [4.69, 9.17) is 5.73 Å². The van der Waals surface area contributed by atoms with Crippen molar-refractivity contribution in [2.24, 2.45) is 11.1 Å².